The molecular formula is C34H42Cl5N5O5. The molecule has 2 atom stereocenters. The number of amides is 1. The number of carbonyl (C=O) groups excluding carboxylic acids is 1. The Bertz CT molecular complexity index is 1600. The van der Waals surface area contributed by atoms with E-state index in [1.54, 1.807) is 24.7 Å². The van der Waals surface area contributed by atoms with Gasteiger partial charge in [-0.2, -0.15) is 0 Å². The van der Waals surface area contributed by atoms with Gasteiger partial charge in [0.1, 0.15) is 18.5 Å². The zero-order valence-corrected chi connectivity index (χ0v) is 31.1. The van der Waals surface area contributed by atoms with Crippen LogP contribution in [0.15, 0.2) is 79.4 Å². The first-order chi connectivity index (χ1) is 21.8. The topological polar surface area (TPSA) is 113 Å². The van der Waals surface area contributed by atoms with Crippen molar-refractivity contribution in [1.82, 2.24) is 14.5 Å². The number of rotatable bonds is 10. The van der Waals surface area contributed by atoms with Crippen LogP contribution in [0.5, 0.6) is 5.75 Å². The Kier molecular flexibility index (Phi) is 16.4. The summed E-state index contributed by atoms with van der Waals surface area (Å²) in [6.45, 7) is 8.78. The number of piperazine rings is 1. The number of benzene rings is 3. The van der Waals surface area contributed by atoms with Crippen LogP contribution in [0.3, 0.4) is 0 Å². The largest absolute Gasteiger partial charge is 0.491 e. The van der Waals surface area contributed by atoms with Crippen molar-refractivity contribution >= 4 is 77.7 Å². The molecule has 268 valence electrons. The van der Waals surface area contributed by atoms with E-state index < -0.39 is 5.79 Å². The van der Waals surface area contributed by atoms with Crippen molar-refractivity contribution in [3.05, 3.63) is 106 Å². The number of ether oxygens (including phenoxy) is 3. The fourth-order valence-electron chi connectivity index (χ4n) is 5.88. The Morgan fingerprint density at radius 2 is 1.69 bits per heavy atom. The number of para-hydroxylation sites is 1. The Balaban J connectivity index is 0.00000208. The molecule has 15 heteroatoms. The van der Waals surface area contributed by atoms with Gasteiger partial charge in [0.25, 0.3) is 0 Å². The van der Waals surface area contributed by atoms with Crippen LogP contribution in [-0.4, -0.2) is 77.9 Å². The van der Waals surface area contributed by atoms with Crippen LogP contribution in [-0.2, 0) is 26.6 Å². The number of imidazole rings is 1. The summed E-state index contributed by atoms with van der Waals surface area (Å²) in [5.74, 6) is -0.322. The number of anilines is 2. The molecule has 3 heterocycles. The summed E-state index contributed by atoms with van der Waals surface area (Å²) in [5.41, 5.74) is 4.89. The Morgan fingerprint density at radius 1 is 1.00 bits per heavy atom. The van der Waals surface area contributed by atoms with Gasteiger partial charge in [0.2, 0.25) is 11.7 Å². The minimum absolute atomic E-state index is 0. The van der Waals surface area contributed by atoms with Crippen LogP contribution >= 0.6 is 60.4 Å². The van der Waals surface area contributed by atoms with E-state index in [2.05, 4.69) is 32.2 Å². The van der Waals surface area contributed by atoms with Gasteiger partial charge in [-0.3, -0.25) is 9.69 Å². The minimum atomic E-state index is -1.09. The highest BCUT2D eigenvalue weighted by Crippen LogP contribution is 2.40. The number of aromatic nitrogens is 2. The summed E-state index contributed by atoms with van der Waals surface area (Å²) in [4.78, 5) is 21.4. The normalized spacial score (nSPS) is 18.7. The summed E-state index contributed by atoms with van der Waals surface area (Å²) >= 11 is 12.7. The van der Waals surface area contributed by atoms with Crippen LogP contribution in [0.4, 0.5) is 11.4 Å². The molecule has 0 radical (unpaired) electrons. The molecule has 49 heavy (non-hydrogen) atoms. The van der Waals surface area contributed by atoms with Gasteiger partial charge in [-0.25, -0.2) is 4.98 Å². The first-order valence-corrected chi connectivity index (χ1v) is 15.8. The van der Waals surface area contributed by atoms with Crippen molar-refractivity contribution in [3.63, 3.8) is 0 Å². The van der Waals surface area contributed by atoms with Gasteiger partial charge in [-0.05, 0) is 61.4 Å². The molecule has 0 spiro atoms. The molecule has 2 fully saturated rings. The molecule has 2 saturated heterocycles. The minimum Gasteiger partial charge on any atom is -0.491 e. The second-order valence-corrected chi connectivity index (χ2v) is 12.4. The van der Waals surface area contributed by atoms with Gasteiger partial charge in [0.15, 0.2) is 0 Å². The molecule has 3 N–H and O–H groups in total. The molecular weight excluding hydrogens is 736 g/mol. The van der Waals surface area contributed by atoms with Gasteiger partial charge >= 0.3 is 0 Å². The lowest BCUT2D eigenvalue weighted by atomic mass is 10.1. The molecule has 3 aromatic carbocycles. The number of halogens is 5. The number of nitrogens with zero attached hydrogens (tertiary/aromatic N) is 4. The van der Waals surface area contributed by atoms with E-state index >= 15 is 0 Å². The van der Waals surface area contributed by atoms with Gasteiger partial charge < -0.3 is 34.5 Å². The maximum absolute atomic E-state index is 12.7. The van der Waals surface area contributed by atoms with Gasteiger partial charge in [0.05, 0.1) is 31.0 Å². The summed E-state index contributed by atoms with van der Waals surface area (Å²) in [6.07, 6.45) is 4.98. The predicted octanol–water partition coefficient (Wildman–Crippen LogP) is 6.36. The lowest BCUT2D eigenvalue weighted by Gasteiger charge is -2.35. The van der Waals surface area contributed by atoms with Crippen molar-refractivity contribution in [1.29, 1.82) is 0 Å². The Hall–Kier alpha value is -2.77. The molecule has 1 aromatic heterocycles. The molecule has 0 saturated carbocycles. The maximum atomic E-state index is 12.7. The fraction of sp³-hybridized carbons (Fsp3) is 0.353. The highest BCUT2D eigenvalue weighted by atomic mass is 35.5. The van der Waals surface area contributed by atoms with E-state index in [-0.39, 0.29) is 54.7 Å². The Labute approximate surface area is 315 Å². The van der Waals surface area contributed by atoms with Crippen LogP contribution in [0.2, 0.25) is 10.0 Å². The number of aryl methyl sites for hydroxylation is 2. The average molecular weight is 778 g/mol. The first kappa shape index (κ1) is 42.4. The lowest BCUT2D eigenvalue weighted by molar-refractivity contribution is -0.189. The second kappa shape index (κ2) is 19.0. The van der Waals surface area contributed by atoms with E-state index in [1.807, 2.05) is 61.0 Å². The quantitative estimate of drug-likeness (QED) is 0.200. The van der Waals surface area contributed by atoms with E-state index in [9.17, 15) is 4.79 Å². The standard InChI is InChI=1S/C34H37Cl2N5O4.3ClH.H2O/c1-24-4-3-5-25(2)33(24)38-32(42)19-39-14-16-41(17-15-39)27-7-9-28(10-8-27)43-20-29-21-44-34(45-29,22-40-13-12-37-23-40)30-11-6-26(35)18-31(30)36;;;;/h3-13,18,23,29H,14-17,19-22H2,1-2H3,(H,38,42);3*1H;1H2. The number of carbonyl (C=O) groups is 1. The molecule has 2 unspecified atom stereocenters. The van der Waals surface area contributed by atoms with Crippen molar-refractivity contribution in [3.8, 4) is 5.75 Å². The number of hydrogen-bond acceptors (Lipinski definition) is 7. The van der Waals surface area contributed by atoms with Gasteiger partial charge in [-0.15, -0.1) is 37.2 Å². The summed E-state index contributed by atoms with van der Waals surface area (Å²) in [5, 5.41) is 4.11. The third-order valence-corrected chi connectivity index (χ3v) is 8.82. The molecule has 10 nitrogen and oxygen atoms in total. The molecule has 2 aliphatic heterocycles. The van der Waals surface area contributed by atoms with E-state index in [1.165, 1.54) is 0 Å². The zero-order valence-electron chi connectivity index (χ0n) is 27.1. The summed E-state index contributed by atoms with van der Waals surface area (Å²) in [6, 6.07) is 19.4. The van der Waals surface area contributed by atoms with Crippen LogP contribution < -0.4 is 15.0 Å². The summed E-state index contributed by atoms with van der Waals surface area (Å²) in [7, 11) is 0. The summed E-state index contributed by atoms with van der Waals surface area (Å²) < 4.78 is 20.8. The van der Waals surface area contributed by atoms with E-state index in [4.69, 9.17) is 37.4 Å². The van der Waals surface area contributed by atoms with Crippen LogP contribution in [0.1, 0.15) is 16.7 Å². The maximum Gasteiger partial charge on any atom is 0.238 e. The lowest BCUT2D eigenvalue weighted by Crippen LogP contribution is -2.48. The van der Waals surface area contributed by atoms with Gasteiger partial charge in [-0.1, -0.05) is 47.5 Å². The highest BCUT2D eigenvalue weighted by molar-refractivity contribution is 6.35. The first-order valence-electron chi connectivity index (χ1n) is 15.1. The molecule has 0 aliphatic carbocycles. The predicted molar refractivity (Wildman–Crippen MR) is 202 cm³/mol. The van der Waals surface area contributed by atoms with Crippen molar-refractivity contribution < 1.29 is 24.5 Å². The molecule has 6 rings (SSSR count). The third-order valence-electron chi connectivity index (χ3n) is 8.27. The smallest absolute Gasteiger partial charge is 0.238 e. The number of hydrogen-bond donors (Lipinski definition) is 1. The highest BCUT2D eigenvalue weighted by Gasteiger charge is 2.45. The number of nitrogens with one attached hydrogen (secondary N) is 1. The van der Waals surface area contributed by atoms with Crippen molar-refractivity contribution in [2.75, 3.05) is 56.2 Å². The van der Waals surface area contributed by atoms with E-state index in [0.29, 0.717) is 41.9 Å². The SMILES string of the molecule is Cc1cccc(C)c1NC(=O)CN1CCN(c2ccc(OCC3COC(Cn4ccnc4)(c4ccc(Cl)cc4Cl)O3)cc2)CC1.Cl.Cl.Cl.O. The third kappa shape index (κ3) is 10.4. The molecule has 2 aliphatic rings. The molecule has 0 bridgehead atoms. The molecule has 1 amide bonds. The second-order valence-electron chi connectivity index (χ2n) is 11.5. The molecule has 4 aromatic rings. The van der Waals surface area contributed by atoms with Crippen LogP contribution in [0.25, 0.3) is 0 Å². The Morgan fingerprint density at radius 3 is 2.33 bits per heavy atom. The van der Waals surface area contributed by atoms with Crippen molar-refractivity contribution in [2.45, 2.75) is 32.3 Å². The van der Waals surface area contributed by atoms with Crippen LogP contribution in [0, 0.1) is 13.8 Å². The van der Waals surface area contributed by atoms with Gasteiger partial charge in [0, 0.05) is 60.5 Å². The fourth-order valence-corrected chi connectivity index (χ4v) is 6.43. The zero-order chi connectivity index (χ0) is 31.4. The van der Waals surface area contributed by atoms with Crippen molar-refractivity contribution in [2.24, 2.45) is 0 Å². The monoisotopic (exact) mass is 775 g/mol. The average Bonchev–Trinajstić information content (AvgIpc) is 3.69. The van der Waals surface area contributed by atoms with E-state index in [0.717, 1.165) is 54.4 Å².